The molecule has 3 rings (SSSR count). The quantitative estimate of drug-likeness (QED) is 0.469. The topological polar surface area (TPSA) is 134 Å². The highest BCUT2D eigenvalue weighted by molar-refractivity contribution is 6.05. The monoisotopic (exact) mass is 500 g/mol. The van der Waals surface area contributed by atoms with E-state index >= 15 is 0 Å². The number of piperidine rings is 1. The highest BCUT2D eigenvalue weighted by atomic mass is 16.6. The van der Waals surface area contributed by atoms with E-state index in [2.05, 4.69) is 16.0 Å². The van der Waals surface area contributed by atoms with Gasteiger partial charge in [-0.05, 0) is 50.3 Å². The summed E-state index contributed by atoms with van der Waals surface area (Å²) in [6.07, 6.45) is 0.859. The van der Waals surface area contributed by atoms with Crippen LogP contribution in [0.1, 0.15) is 81.8 Å². The third-order valence-electron chi connectivity index (χ3n) is 6.52. The van der Waals surface area contributed by atoms with Crippen molar-refractivity contribution in [1.29, 1.82) is 0 Å². The molecule has 10 heteroatoms. The van der Waals surface area contributed by atoms with E-state index in [1.165, 1.54) is 4.90 Å². The molecule has 2 aliphatic heterocycles. The zero-order chi connectivity index (χ0) is 26.6. The smallest absolute Gasteiger partial charge is 0.407 e. The molecule has 0 aliphatic carbocycles. The number of imide groups is 1. The first-order valence-electron chi connectivity index (χ1n) is 12.4. The second-order valence-electron chi connectivity index (χ2n) is 10.5. The van der Waals surface area contributed by atoms with Crippen LogP contribution in [0.15, 0.2) is 18.2 Å². The second kappa shape index (κ2) is 11.1. The van der Waals surface area contributed by atoms with Gasteiger partial charge in [-0.1, -0.05) is 32.4 Å². The van der Waals surface area contributed by atoms with Gasteiger partial charge in [-0.2, -0.15) is 0 Å². The minimum atomic E-state index is -0.666. The molecule has 1 unspecified atom stereocenters. The maximum absolute atomic E-state index is 12.8. The van der Waals surface area contributed by atoms with Crippen LogP contribution in [-0.4, -0.2) is 52.3 Å². The van der Waals surface area contributed by atoms with Gasteiger partial charge in [-0.15, -0.1) is 0 Å². The summed E-state index contributed by atoms with van der Waals surface area (Å²) in [5.74, 6) is -1.14. The van der Waals surface area contributed by atoms with Crippen LogP contribution in [0.25, 0.3) is 0 Å². The molecule has 3 N–H and O–H groups in total. The Kier molecular flexibility index (Phi) is 8.37. The SMILES string of the molecule is CC[C@H](C)[C@@H](CC(=O)NCc1ccc2c(c1)CN(C1CCC(=O)NC1=O)C2=O)NC(=O)OC(C)(C)C. The first-order chi connectivity index (χ1) is 16.9. The van der Waals surface area contributed by atoms with Gasteiger partial charge in [0.05, 0.1) is 0 Å². The predicted octanol–water partition coefficient (Wildman–Crippen LogP) is 2.39. The van der Waals surface area contributed by atoms with Crippen LogP contribution < -0.4 is 16.0 Å². The normalized spacial score (nSPS) is 19.3. The lowest BCUT2D eigenvalue weighted by Crippen LogP contribution is -2.52. The van der Waals surface area contributed by atoms with E-state index in [4.69, 9.17) is 4.74 Å². The van der Waals surface area contributed by atoms with Gasteiger partial charge in [-0.3, -0.25) is 24.5 Å². The number of hydrogen-bond acceptors (Lipinski definition) is 6. The van der Waals surface area contributed by atoms with Gasteiger partial charge in [0.15, 0.2) is 0 Å². The Hall–Kier alpha value is -3.43. The number of benzene rings is 1. The van der Waals surface area contributed by atoms with Crippen LogP contribution in [-0.2, 0) is 32.2 Å². The molecule has 0 aromatic heterocycles. The van der Waals surface area contributed by atoms with Gasteiger partial charge in [0.2, 0.25) is 17.7 Å². The molecule has 2 aliphatic rings. The van der Waals surface area contributed by atoms with Gasteiger partial charge >= 0.3 is 6.09 Å². The van der Waals surface area contributed by atoms with Crippen LogP contribution in [0, 0.1) is 5.92 Å². The molecule has 1 saturated heterocycles. The van der Waals surface area contributed by atoms with Crippen molar-refractivity contribution in [2.75, 3.05) is 0 Å². The second-order valence-corrected chi connectivity index (χ2v) is 10.5. The Bertz CT molecular complexity index is 1050. The molecule has 3 atom stereocenters. The number of carbonyl (C=O) groups is 5. The Morgan fingerprint density at radius 1 is 1.22 bits per heavy atom. The lowest BCUT2D eigenvalue weighted by Gasteiger charge is -2.29. The number of nitrogens with zero attached hydrogens (tertiary/aromatic N) is 1. The number of alkyl carbamates (subject to hydrolysis) is 1. The van der Waals surface area contributed by atoms with Crippen molar-refractivity contribution in [1.82, 2.24) is 20.9 Å². The molecule has 0 spiro atoms. The average Bonchev–Trinajstić information content (AvgIpc) is 3.11. The average molecular weight is 501 g/mol. The Morgan fingerprint density at radius 2 is 1.94 bits per heavy atom. The summed E-state index contributed by atoms with van der Waals surface area (Å²) in [7, 11) is 0. The summed E-state index contributed by atoms with van der Waals surface area (Å²) in [6.45, 7) is 9.86. The molecule has 5 amide bonds. The standard InChI is InChI=1S/C26H36N4O6/c1-6-15(2)19(28-25(35)36-26(3,4)5)12-22(32)27-13-16-7-8-18-17(11-16)14-30(24(18)34)20-9-10-21(31)29-23(20)33/h7-8,11,15,19-20H,6,9-10,12-14H2,1-5H3,(H,27,32)(H,28,35)(H,29,31,33)/t15-,19+,20?/m0/s1. The number of nitrogens with one attached hydrogen (secondary N) is 3. The van der Waals surface area contributed by atoms with Gasteiger partial charge in [0.1, 0.15) is 11.6 Å². The number of hydrogen-bond donors (Lipinski definition) is 3. The van der Waals surface area contributed by atoms with Crippen molar-refractivity contribution in [2.45, 2.75) is 91.1 Å². The van der Waals surface area contributed by atoms with E-state index in [1.54, 1.807) is 32.9 Å². The number of amides is 5. The number of rotatable bonds is 8. The fraction of sp³-hybridized carbons (Fsp3) is 0.577. The third kappa shape index (κ3) is 6.83. The summed E-state index contributed by atoms with van der Waals surface area (Å²) in [5, 5.41) is 8.00. The van der Waals surface area contributed by atoms with Crippen molar-refractivity contribution < 1.29 is 28.7 Å². The van der Waals surface area contributed by atoms with Crippen LogP contribution in [0.3, 0.4) is 0 Å². The molecule has 0 radical (unpaired) electrons. The Balaban J connectivity index is 1.58. The van der Waals surface area contributed by atoms with Crippen LogP contribution >= 0.6 is 0 Å². The molecule has 1 fully saturated rings. The molecular formula is C26H36N4O6. The third-order valence-corrected chi connectivity index (χ3v) is 6.52. The maximum Gasteiger partial charge on any atom is 0.407 e. The molecule has 2 heterocycles. The van der Waals surface area contributed by atoms with Gasteiger partial charge < -0.3 is 20.3 Å². The van der Waals surface area contributed by atoms with Crippen LogP contribution in [0.2, 0.25) is 0 Å². The van der Waals surface area contributed by atoms with E-state index < -0.39 is 23.6 Å². The van der Waals surface area contributed by atoms with Gasteiger partial charge in [-0.25, -0.2) is 4.79 Å². The zero-order valence-corrected chi connectivity index (χ0v) is 21.6. The fourth-order valence-electron chi connectivity index (χ4n) is 4.35. The van der Waals surface area contributed by atoms with Crippen molar-refractivity contribution in [3.05, 3.63) is 34.9 Å². The van der Waals surface area contributed by atoms with Gasteiger partial charge in [0, 0.05) is 37.5 Å². The molecule has 36 heavy (non-hydrogen) atoms. The summed E-state index contributed by atoms with van der Waals surface area (Å²) in [4.78, 5) is 62.9. The molecular weight excluding hydrogens is 464 g/mol. The van der Waals surface area contributed by atoms with E-state index in [-0.39, 0.29) is 55.6 Å². The molecule has 0 saturated carbocycles. The van der Waals surface area contributed by atoms with E-state index in [9.17, 15) is 24.0 Å². The predicted molar refractivity (Wildman–Crippen MR) is 132 cm³/mol. The summed E-state index contributed by atoms with van der Waals surface area (Å²) in [6, 6.07) is 4.29. The molecule has 0 bridgehead atoms. The largest absolute Gasteiger partial charge is 0.444 e. The summed E-state index contributed by atoms with van der Waals surface area (Å²) >= 11 is 0. The molecule has 10 nitrogen and oxygen atoms in total. The number of ether oxygens (including phenoxy) is 1. The minimum absolute atomic E-state index is 0.0764. The Labute approximate surface area is 211 Å². The maximum atomic E-state index is 12.8. The van der Waals surface area contributed by atoms with Crippen molar-refractivity contribution >= 4 is 29.7 Å². The van der Waals surface area contributed by atoms with E-state index in [1.807, 2.05) is 19.9 Å². The van der Waals surface area contributed by atoms with Gasteiger partial charge in [0.25, 0.3) is 5.91 Å². The highest BCUT2D eigenvalue weighted by Gasteiger charge is 2.39. The van der Waals surface area contributed by atoms with Crippen LogP contribution in [0.5, 0.6) is 0 Å². The summed E-state index contributed by atoms with van der Waals surface area (Å²) < 4.78 is 5.33. The molecule has 1 aromatic carbocycles. The van der Waals surface area contributed by atoms with Crippen LogP contribution in [0.4, 0.5) is 4.79 Å². The lowest BCUT2D eigenvalue weighted by atomic mass is 9.96. The first kappa shape index (κ1) is 27.2. The number of fused-ring (bicyclic) bond motifs is 1. The molecule has 1 aromatic rings. The fourth-order valence-corrected chi connectivity index (χ4v) is 4.35. The van der Waals surface area contributed by atoms with E-state index in [0.717, 1.165) is 17.5 Å². The Morgan fingerprint density at radius 3 is 2.58 bits per heavy atom. The number of carbonyl (C=O) groups excluding carboxylic acids is 5. The highest BCUT2D eigenvalue weighted by Crippen LogP contribution is 2.28. The first-order valence-corrected chi connectivity index (χ1v) is 12.4. The van der Waals surface area contributed by atoms with Crippen molar-refractivity contribution in [2.24, 2.45) is 5.92 Å². The lowest BCUT2D eigenvalue weighted by molar-refractivity contribution is -0.137. The summed E-state index contributed by atoms with van der Waals surface area (Å²) in [5.41, 5.74) is 1.49. The molecule has 196 valence electrons. The van der Waals surface area contributed by atoms with E-state index in [0.29, 0.717) is 12.0 Å². The minimum Gasteiger partial charge on any atom is -0.444 e. The zero-order valence-electron chi connectivity index (χ0n) is 21.6. The van der Waals surface area contributed by atoms with Crippen molar-refractivity contribution in [3.63, 3.8) is 0 Å². The van der Waals surface area contributed by atoms with Crippen molar-refractivity contribution in [3.8, 4) is 0 Å².